The van der Waals surface area contributed by atoms with Gasteiger partial charge in [-0.05, 0) is 157 Å². The SMILES string of the molecule is C.C.C.CCOCC(=O)Cl.CCOCc1nnc2ccc(-c3ccc(OC(F)(F)F)cc3C)nn12.CCOCc1nnc2ccc(Cl)nn12.Cc1cc(OC(F)(F)F)ccc1B1OC(C)(C)C(C)(C)O1.NNc1ccc(Cl)nn1. The molecule has 1 aliphatic rings. The monoisotopic (exact) mass is 1180 g/mol. The van der Waals surface area contributed by atoms with E-state index in [1.165, 1.54) is 30.3 Å². The molecule has 1 saturated heterocycles. The van der Waals surface area contributed by atoms with Crippen LogP contribution in [-0.4, -0.2) is 113 Å². The third-order valence-electron chi connectivity index (χ3n) is 10.4. The Hall–Kier alpha value is -6.04. The Balaban J connectivity index is 0.000000522. The molecule has 0 bridgehead atoms. The molecule has 0 radical (unpaired) electrons. The highest BCUT2D eigenvalue weighted by atomic mass is 35.5. The molecule has 2 aromatic carbocycles. The number of fused-ring (bicyclic) bond motifs is 2. The van der Waals surface area contributed by atoms with Crippen LogP contribution in [0.3, 0.4) is 0 Å². The number of aromatic nitrogens is 10. The number of nitrogens with two attached hydrogens (primary N) is 1. The number of rotatable bonds is 14. The van der Waals surface area contributed by atoms with E-state index in [0.29, 0.717) is 93.3 Å². The van der Waals surface area contributed by atoms with E-state index < -0.39 is 36.3 Å². The lowest BCUT2D eigenvalue weighted by Gasteiger charge is -2.32. The molecule has 436 valence electrons. The molecule has 6 heterocycles. The number of carbonyl (C=O) groups is 1. The normalized spacial score (nSPS) is 13.0. The molecule has 20 nitrogen and oxygen atoms in total. The van der Waals surface area contributed by atoms with Crippen molar-refractivity contribution in [3.8, 4) is 22.8 Å². The minimum Gasteiger partial charge on any atom is -0.406 e. The molecular weight excluding hydrogens is 1120 g/mol. The minimum absolute atomic E-state index is 0. The smallest absolute Gasteiger partial charge is 0.406 e. The van der Waals surface area contributed by atoms with Crippen molar-refractivity contribution in [3.05, 3.63) is 106 Å². The molecular formula is C49H66BCl3F6N12O8. The highest BCUT2D eigenvalue weighted by molar-refractivity contribution is 6.64. The number of aryl methyl sites for hydroxylation is 2. The molecule has 0 aliphatic carbocycles. The van der Waals surface area contributed by atoms with Crippen molar-refractivity contribution < 1.29 is 64.1 Å². The van der Waals surface area contributed by atoms with Crippen LogP contribution in [0, 0.1) is 13.8 Å². The third-order valence-corrected chi connectivity index (χ3v) is 10.9. The Morgan fingerprint density at radius 3 is 1.56 bits per heavy atom. The molecule has 0 atom stereocenters. The first-order valence-electron chi connectivity index (χ1n) is 22.7. The molecule has 30 heteroatoms. The quantitative estimate of drug-likeness (QED) is 0.0339. The van der Waals surface area contributed by atoms with Crippen LogP contribution in [0.5, 0.6) is 11.5 Å². The molecule has 79 heavy (non-hydrogen) atoms. The zero-order valence-corrected chi connectivity index (χ0v) is 44.7. The van der Waals surface area contributed by atoms with Crippen LogP contribution in [-0.2, 0) is 41.5 Å². The van der Waals surface area contributed by atoms with E-state index in [2.05, 4.69) is 60.4 Å². The summed E-state index contributed by atoms with van der Waals surface area (Å²) < 4.78 is 111. The van der Waals surface area contributed by atoms with Gasteiger partial charge in [0.2, 0.25) is 5.24 Å². The van der Waals surface area contributed by atoms with Crippen molar-refractivity contribution in [2.45, 2.75) is 122 Å². The molecule has 1 aliphatic heterocycles. The molecule has 0 spiro atoms. The van der Waals surface area contributed by atoms with Crippen molar-refractivity contribution in [3.63, 3.8) is 0 Å². The van der Waals surface area contributed by atoms with Crippen LogP contribution >= 0.6 is 34.8 Å². The average Bonchev–Trinajstić information content (AvgIpc) is 4.00. The number of hydrogen-bond donors (Lipinski definition) is 2. The van der Waals surface area contributed by atoms with Crippen LogP contribution in [0.25, 0.3) is 22.6 Å². The Labute approximate surface area is 470 Å². The lowest BCUT2D eigenvalue weighted by Crippen LogP contribution is -2.41. The van der Waals surface area contributed by atoms with Gasteiger partial charge in [0.25, 0.3) is 0 Å². The molecule has 8 rings (SSSR count). The van der Waals surface area contributed by atoms with E-state index in [-0.39, 0.29) is 47.0 Å². The van der Waals surface area contributed by atoms with Crippen LogP contribution < -0.4 is 26.2 Å². The first-order valence-corrected chi connectivity index (χ1v) is 23.9. The van der Waals surface area contributed by atoms with Gasteiger partial charge >= 0.3 is 19.8 Å². The number of anilines is 1. The zero-order chi connectivity index (χ0) is 56.4. The predicted octanol–water partition coefficient (Wildman–Crippen LogP) is 11.2. The van der Waals surface area contributed by atoms with Crippen molar-refractivity contribution in [1.29, 1.82) is 0 Å². The number of ether oxygens (including phenoxy) is 5. The van der Waals surface area contributed by atoms with Gasteiger partial charge in [-0.3, -0.25) is 4.79 Å². The predicted molar refractivity (Wildman–Crippen MR) is 290 cm³/mol. The van der Waals surface area contributed by atoms with Gasteiger partial charge in [0, 0.05) is 25.4 Å². The number of carbonyl (C=O) groups excluding carboxylic acids is 1. The van der Waals surface area contributed by atoms with E-state index in [9.17, 15) is 31.1 Å². The fourth-order valence-corrected chi connectivity index (χ4v) is 6.45. The number of nitrogen functional groups attached to an aromatic ring is 1. The van der Waals surface area contributed by atoms with E-state index in [0.717, 1.165) is 0 Å². The average molecular weight is 1180 g/mol. The fourth-order valence-electron chi connectivity index (χ4n) is 6.13. The maximum atomic E-state index is 12.3. The summed E-state index contributed by atoms with van der Waals surface area (Å²) in [5, 5.41) is 31.9. The lowest BCUT2D eigenvalue weighted by atomic mass is 9.76. The van der Waals surface area contributed by atoms with Crippen LogP contribution in [0.4, 0.5) is 32.2 Å². The lowest BCUT2D eigenvalue weighted by molar-refractivity contribution is -0.275. The summed E-state index contributed by atoms with van der Waals surface area (Å²) in [6.07, 6.45) is -9.42. The van der Waals surface area contributed by atoms with E-state index in [1.807, 2.05) is 41.5 Å². The standard InChI is InChI=1S/C16H15F3N4O2.C14H18BF3O3.C8H9ClN4O.C4H5ClN4.C4H7ClO2.3CH4/c1-3-24-9-15-21-20-14-7-6-13(22-23(14)15)12-5-4-11(8-10(12)2)25-16(17,18)19;1-9-8-10(19-14(16,17)18)6-7-11(9)15-20-12(2,3)13(4,5)21-15;1-2-14-5-8-11-10-7-4-3-6(9)12-13(7)8;5-3-1-2-4(7-6)9-8-3;1-2-7-3-4(5)6;;;/h4-8H,3,9H2,1-2H3;6-8H,1-5H3;3-4H,2,5H2,1H3;1-2H,6H2,(H,7,9);2-3H2,1H3;3*1H4. The number of alkyl halides is 6. The summed E-state index contributed by atoms with van der Waals surface area (Å²) in [5.41, 5.74) is 5.76. The molecule has 1 fully saturated rings. The Morgan fingerprint density at radius 1 is 0.646 bits per heavy atom. The number of hydrazine groups is 1. The first kappa shape index (κ1) is 71.0. The Kier molecular flexibility index (Phi) is 29.0. The third kappa shape index (κ3) is 22.6. The minimum atomic E-state index is -4.72. The number of nitrogens with zero attached hydrogens (tertiary/aromatic N) is 10. The zero-order valence-electron chi connectivity index (χ0n) is 42.5. The number of nitrogens with one attached hydrogen (secondary N) is 1. The van der Waals surface area contributed by atoms with Gasteiger partial charge in [0.05, 0.1) is 16.9 Å². The van der Waals surface area contributed by atoms with Gasteiger partial charge in [-0.15, -0.1) is 56.9 Å². The largest absolute Gasteiger partial charge is 0.573 e. The van der Waals surface area contributed by atoms with Gasteiger partial charge in [0.15, 0.2) is 33.9 Å². The highest BCUT2D eigenvalue weighted by Gasteiger charge is 2.52. The number of hydrogen-bond acceptors (Lipinski definition) is 18. The first-order chi connectivity index (χ1) is 35.7. The summed E-state index contributed by atoms with van der Waals surface area (Å²) >= 11 is 16.1. The molecule has 0 amide bonds. The van der Waals surface area contributed by atoms with E-state index >= 15 is 0 Å². The Morgan fingerprint density at radius 2 is 1.13 bits per heavy atom. The maximum absolute atomic E-state index is 12.3. The van der Waals surface area contributed by atoms with Crippen molar-refractivity contribution in [2.24, 2.45) is 5.84 Å². The second-order valence-corrected chi connectivity index (χ2v) is 17.7. The topological polar surface area (TPSA) is 232 Å². The number of benzene rings is 2. The van der Waals surface area contributed by atoms with Gasteiger partial charge in [-0.1, -0.05) is 51.5 Å². The van der Waals surface area contributed by atoms with E-state index in [1.54, 1.807) is 72.3 Å². The van der Waals surface area contributed by atoms with Crippen LogP contribution in [0.2, 0.25) is 10.3 Å². The summed E-state index contributed by atoms with van der Waals surface area (Å²) in [6, 6.07) is 18.4. The van der Waals surface area contributed by atoms with Gasteiger partial charge in [-0.25, -0.2) is 5.84 Å². The molecule has 7 aromatic rings. The van der Waals surface area contributed by atoms with Gasteiger partial charge in [-0.2, -0.15) is 19.2 Å². The van der Waals surface area contributed by atoms with Crippen LogP contribution in [0.1, 0.15) is 93.5 Å². The molecule has 3 N–H and O–H groups in total. The van der Waals surface area contributed by atoms with Crippen molar-refractivity contribution in [1.82, 2.24) is 49.8 Å². The maximum Gasteiger partial charge on any atom is 0.573 e. The van der Waals surface area contributed by atoms with Crippen molar-refractivity contribution >= 4 is 69.7 Å². The summed E-state index contributed by atoms with van der Waals surface area (Å²) in [6.45, 7) is 19.1. The number of halogens is 9. The van der Waals surface area contributed by atoms with Gasteiger partial charge in [0.1, 0.15) is 36.5 Å². The van der Waals surface area contributed by atoms with E-state index in [4.69, 9.17) is 59.4 Å². The summed E-state index contributed by atoms with van der Waals surface area (Å²) in [5.74, 6) is 6.19. The fraction of sp³-hybridized carbons (Fsp3) is 0.449. The van der Waals surface area contributed by atoms with Crippen LogP contribution in [0.15, 0.2) is 72.8 Å². The summed E-state index contributed by atoms with van der Waals surface area (Å²) in [7, 11) is -0.602. The molecule has 0 saturated carbocycles. The Bertz CT molecular complexity index is 2940. The molecule has 0 unspecified atom stereocenters. The molecule has 5 aromatic heterocycles. The summed E-state index contributed by atoms with van der Waals surface area (Å²) in [4.78, 5) is 9.84. The second kappa shape index (κ2) is 32.3. The van der Waals surface area contributed by atoms with Gasteiger partial charge < -0.3 is 38.4 Å². The second-order valence-electron chi connectivity index (χ2n) is 16.5. The van der Waals surface area contributed by atoms with Crippen molar-refractivity contribution in [2.75, 3.05) is 31.9 Å². The highest BCUT2D eigenvalue weighted by Crippen LogP contribution is 2.37.